The largest absolute Gasteiger partial charge is 0.393 e. The van der Waals surface area contributed by atoms with Gasteiger partial charge in [0.25, 0.3) is 5.91 Å². The number of aliphatic hydroxyl groups is 1. The Morgan fingerprint density at radius 3 is 2.54 bits per heavy atom. The maximum atomic E-state index is 14.6. The van der Waals surface area contributed by atoms with E-state index in [1.54, 1.807) is 43.6 Å². The lowest BCUT2D eigenvalue weighted by molar-refractivity contribution is -0.109. The van der Waals surface area contributed by atoms with E-state index < -0.39 is 0 Å². The average molecular weight is 533 g/mol. The molecule has 1 aliphatic rings. The maximum absolute atomic E-state index is 14.6. The number of carbonyl (C=O) groups is 2. The first-order chi connectivity index (χ1) is 18.9. The minimum atomic E-state index is -0.359. The van der Waals surface area contributed by atoms with Gasteiger partial charge in [-0.2, -0.15) is 0 Å². The molecule has 2 aromatic heterocycles. The third kappa shape index (κ3) is 7.40. The second-order valence-electron chi connectivity index (χ2n) is 9.44. The lowest BCUT2D eigenvalue weighted by atomic mass is 10.1. The van der Waals surface area contributed by atoms with Crippen molar-refractivity contribution in [1.82, 2.24) is 19.8 Å². The fraction of sp³-hybridized carbons (Fsp3) is 0.276. The van der Waals surface area contributed by atoms with Crippen molar-refractivity contribution in [2.45, 2.75) is 25.5 Å². The van der Waals surface area contributed by atoms with Crippen LogP contribution in [0.3, 0.4) is 0 Å². The van der Waals surface area contributed by atoms with Crippen LogP contribution in [0.25, 0.3) is 10.9 Å². The number of benzene rings is 2. The number of likely N-dealkylation sites (tertiary alicyclic amines) is 1. The molecule has 1 saturated heterocycles. The molecule has 2 aromatic carbocycles. The van der Waals surface area contributed by atoms with E-state index in [4.69, 9.17) is 4.79 Å². The van der Waals surface area contributed by atoms with Gasteiger partial charge in [-0.25, -0.2) is 9.37 Å². The molecule has 0 unspecified atom stereocenters. The third-order valence-corrected chi connectivity index (χ3v) is 6.55. The van der Waals surface area contributed by atoms with Crippen LogP contribution in [-0.2, 0) is 18.4 Å². The predicted octanol–water partition coefficient (Wildman–Crippen LogP) is 4.03. The van der Waals surface area contributed by atoms with Gasteiger partial charge in [0.2, 0.25) is 6.41 Å². The van der Waals surface area contributed by atoms with Gasteiger partial charge in [0, 0.05) is 74.9 Å². The van der Waals surface area contributed by atoms with Crippen LogP contribution < -0.4 is 16.0 Å². The molecule has 3 heterocycles. The van der Waals surface area contributed by atoms with Crippen molar-refractivity contribution < 1.29 is 19.1 Å². The van der Waals surface area contributed by atoms with Gasteiger partial charge in [-0.05, 0) is 48.7 Å². The number of pyridine rings is 1. The normalized spacial score (nSPS) is 13.8. The molecule has 0 atom stereocenters. The van der Waals surface area contributed by atoms with Gasteiger partial charge in [-0.15, -0.1) is 0 Å². The van der Waals surface area contributed by atoms with Crippen molar-refractivity contribution in [2.24, 2.45) is 7.05 Å². The van der Waals surface area contributed by atoms with Gasteiger partial charge < -0.3 is 25.6 Å². The van der Waals surface area contributed by atoms with Gasteiger partial charge >= 0.3 is 0 Å². The van der Waals surface area contributed by atoms with E-state index >= 15 is 0 Å². The third-order valence-electron chi connectivity index (χ3n) is 6.55. The van der Waals surface area contributed by atoms with E-state index in [0.717, 1.165) is 48.9 Å². The number of fused-ring (bicyclic) bond motifs is 1. The monoisotopic (exact) mass is 532 g/mol. The molecule has 4 N–H and O–H groups in total. The van der Waals surface area contributed by atoms with Gasteiger partial charge in [0.05, 0.1) is 17.3 Å². The molecule has 10 heteroatoms. The Balaban J connectivity index is 0.000000826. The molecule has 39 heavy (non-hydrogen) atoms. The molecule has 1 aliphatic heterocycles. The summed E-state index contributed by atoms with van der Waals surface area (Å²) in [6.07, 6.45) is 5.49. The molecule has 204 valence electrons. The highest BCUT2D eigenvalue weighted by Crippen LogP contribution is 2.27. The molecule has 5 rings (SSSR count). The summed E-state index contributed by atoms with van der Waals surface area (Å²) in [5.74, 6) is -0.251. The van der Waals surface area contributed by atoms with Crippen LogP contribution >= 0.6 is 0 Å². The van der Waals surface area contributed by atoms with E-state index in [-0.39, 0.29) is 17.8 Å². The first-order valence-corrected chi connectivity index (χ1v) is 12.8. The van der Waals surface area contributed by atoms with Crippen molar-refractivity contribution in [3.05, 3.63) is 83.9 Å². The van der Waals surface area contributed by atoms with Crippen LogP contribution in [0.2, 0.25) is 0 Å². The van der Waals surface area contributed by atoms with Crippen LogP contribution in [-0.4, -0.2) is 58.1 Å². The second kappa shape index (κ2) is 13.0. The number of hydrogen-bond acceptors (Lipinski definition) is 6. The van der Waals surface area contributed by atoms with Crippen molar-refractivity contribution in [1.29, 1.82) is 0 Å². The van der Waals surface area contributed by atoms with E-state index in [1.165, 1.54) is 6.07 Å². The molecule has 0 bridgehead atoms. The molecular weight excluding hydrogens is 499 g/mol. The van der Waals surface area contributed by atoms with Gasteiger partial charge in [-0.3, -0.25) is 14.5 Å². The summed E-state index contributed by atoms with van der Waals surface area (Å²) < 4.78 is 16.5. The highest BCUT2D eigenvalue weighted by atomic mass is 19.1. The average Bonchev–Trinajstić information content (AvgIpc) is 3.30. The summed E-state index contributed by atoms with van der Waals surface area (Å²) in [7, 11) is 3.44. The number of hydrogen-bond donors (Lipinski definition) is 4. The number of anilines is 3. The zero-order valence-electron chi connectivity index (χ0n) is 22.0. The Labute approximate surface area is 226 Å². The number of piperidine rings is 1. The zero-order chi connectivity index (χ0) is 27.8. The Kier molecular flexibility index (Phi) is 9.24. The zero-order valence-corrected chi connectivity index (χ0v) is 22.0. The summed E-state index contributed by atoms with van der Waals surface area (Å²) in [6, 6.07) is 16.1. The van der Waals surface area contributed by atoms with Gasteiger partial charge in [0.1, 0.15) is 11.6 Å². The minimum absolute atomic E-state index is 0.189. The lowest BCUT2D eigenvalue weighted by Gasteiger charge is -2.29. The molecule has 0 radical (unpaired) electrons. The predicted molar refractivity (Wildman–Crippen MR) is 150 cm³/mol. The number of nitrogens with zero attached hydrogens (tertiary/aromatic N) is 3. The highest BCUT2D eigenvalue weighted by Gasteiger charge is 2.17. The maximum Gasteiger partial charge on any atom is 0.256 e. The van der Waals surface area contributed by atoms with Gasteiger partial charge in [-0.1, -0.05) is 12.1 Å². The molecule has 0 saturated carbocycles. The summed E-state index contributed by atoms with van der Waals surface area (Å²) in [6.45, 7) is 2.56. The van der Waals surface area contributed by atoms with Crippen LogP contribution in [0, 0.1) is 5.82 Å². The summed E-state index contributed by atoms with van der Waals surface area (Å²) in [5.41, 5.74) is 3.44. The second-order valence-corrected chi connectivity index (χ2v) is 9.44. The Morgan fingerprint density at radius 2 is 1.85 bits per heavy atom. The smallest absolute Gasteiger partial charge is 0.256 e. The van der Waals surface area contributed by atoms with Crippen molar-refractivity contribution in [2.75, 3.05) is 30.8 Å². The van der Waals surface area contributed by atoms with Crippen LogP contribution in [0.5, 0.6) is 0 Å². The molecule has 0 aliphatic carbocycles. The molecule has 2 amide bonds. The topological polar surface area (TPSA) is 112 Å². The van der Waals surface area contributed by atoms with Crippen LogP contribution in [0.1, 0.15) is 28.8 Å². The highest BCUT2D eigenvalue weighted by molar-refractivity contribution is 6.04. The number of rotatable bonds is 7. The molecule has 1 fully saturated rings. The standard InChI is InChI=1S/C27H28FN5O2.C2H5NO/c1-32-11-7-20-14-24(23(28)16-25(20)32)30-21-6-10-29-26(15-21)31-27(35)19-4-2-18(3-5-19)17-33-12-8-22(34)9-13-33;1-3-2-4/h2-7,10-11,14-16,22,34H,8-9,12-13,17H2,1H3,(H2,29,30,31,35);2H,1H3,(H,3,4). The molecule has 0 spiro atoms. The molecule has 9 nitrogen and oxygen atoms in total. The Bertz CT molecular complexity index is 1410. The molecule has 4 aromatic rings. The van der Waals surface area contributed by atoms with Crippen LogP contribution in [0.15, 0.2) is 67.0 Å². The SMILES string of the molecule is CNC=O.Cn1ccc2cc(Nc3ccnc(NC(=O)c4ccc(CN5CCC(O)CC5)cc4)c3)c(F)cc21. The Morgan fingerprint density at radius 1 is 1.13 bits per heavy atom. The first kappa shape index (κ1) is 27.7. The van der Waals surface area contributed by atoms with E-state index in [1.807, 2.05) is 36.0 Å². The number of aromatic nitrogens is 2. The van der Waals surface area contributed by atoms with E-state index in [0.29, 0.717) is 29.2 Å². The number of aryl methyl sites for hydroxylation is 1. The van der Waals surface area contributed by atoms with E-state index in [2.05, 4.69) is 25.8 Å². The quantitative estimate of drug-likeness (QED) is 0.268. The summed E-state index contributed by atoms with van der Waals surface area (Å²) >= 11 is 0. The number of amides is 2. The Hall–Kier alpha value is -4.28. The molecular formula is C29H33FN6O3. The number of nitrogens with one attached hydrogen (secondary N) is 3. The number of halogens is 1. The lowest BCUT2D eigenvalue weighted by Crippen LogP contribution is -2.35. The minimum Gasteiger partial charge on any atom is -0.393 e. The number of carbonyl (C=O) groups excluding carboxylic acids is 2. The fourth-order valence-electron chi connectivity index (χ4n) is 4.40. The summed E-state index contributed by atoms with van der Waals surface area (Å²) in [4.78, 5) is 28.3. The van der Waals surface area contributed by atoms with E-state index in [9.17, 15) is 14.3 Å². The number of aliphatic hydroxyl groups excluding tert-OH is 1. The van der Waals surface area contributed by atoms with Crippen molar-refractivity contribution >= 4 is 40.4 Å². The first-order valence-electron chi connectivity index (χ1n) is 12.8. The fourth-order valence-corrected chi connectivity index (χ4v) is 4.40. The summed E-state index contributed by atoms with van der Waals surface area (Å²) in [5, 5.41) is 18.7. The van der Waals surface area contributed by atoms with Gasteiger partial charge in [0.15, 0.2) is 0 Å². The van der Waals surface area contributed by atoms with Crippen molar-refractivity contribution in [3.63, 3.8) is 0 Å². The van der Waals surface area contributed by atoms with Crippen LogP contribution in [0.4, 0.5) is 21.6 Å². The van der Waals surface area contributed by atoms with Crippen molar-refractivity contribution in [3.8, 4) is 0 Å².